The van der Waals surface area contributed by atoms with Crippen LogP contribution in [0, 0.1) is 13.8 Å². The molecule has 0 fully saturated rings. The molecule has 1 heterocycles. The molecule has 3 N–H and O–H groups in total. The van der Waals surface area contributed by atoms with Gasteiger partial charge in [-0.05, 0) is 45.4 Å². The Morgan fingerprint density at radius 3 is 2.44 bits per heavy atom. The Morgan fingerprint density at radius 2 is 1.88 bits per heavy atom. The van der Waals surface area contributed by atoms with Crippen LogP contribution in [-0.2, 0) is 4.74 Å². The summed E-state index contributed by atoms with van der Waals surface area (Å²) in [5.74, 6) is -1.31. The zero-order valence-corrected chi connectivity index (χ0v) is 15.2. The molecule has 2 rings (SSSR count). The first kappa shape index (κ1) is 18.7. The lowest BCUT2D eigenvalue weighted by Gasteiger charge is -2.13. The van der Waals surface area contributed by atoms with Gasteiger partial charge in [0, 0.05) is 11.3 Å². The van der Waals surface area contributed by atoms with Crippen molar-refractivity contribution in [3.8, 4) is 0 Å². The highest BCUT2D eigenvalue weighted by Gasteiger charge is 2.27. The fraction of sp³-hybridized carbons (Fsp3) is 0.278. The maximum atomic E-state index is 12.6. The summed E-state index contributed by atoms with van der Waals surface area (Å²) in [6.07, 6.45) is -1.05. The van der Waals surface area contributed by atoms with E-state index in [9.17, 15) is 14.4 Å². The van der Waals surface area contributed by atoms with E-state index < -0.39 is 17.9 Å². The molecule has 1 atom stereocenters. The molecule has 1 aromatic heterocycles. The van der Waals surface area contributed by atoms with E-state index in [2.05, 4.69) is 4.98 Å². The maximum absolute atomic E-state index is 12.6. The summed E-state index contributed by atoms with van der Waals surface area (Å²) in [6, 6.07) is 4.59. The van der Waals surface area contributed by atoms with Crippen LogP contribution in [0.15, 0.2) is 18.2 Å². The van der Waals surface area contributed by atoms with Gasteiger partial charge in [-0.2, -0.15) is 0 Å². The van der Waals surface area contributed by atoms with E-state index in [4.69, 9.17) is 22.1 Å². The van der Waals surface area contributed by atoms with Crippen molar-refractivity contribution < 1.29 is 19.1 Å². The van der Waals surface area contributed by atoms with Crippen molar-refractivity contribution in [1.82, 2.24) is 4.98 Å². The Hall–Kier alpha value is -2.60. The summed E-state index contributed by atoms with van der Waals surface area (Å²) in [5, 5.41) is 0.232. The number of aromatic amines is 1. The molecule has 6 nitrogen and oxygen atoms in total. The first-order valence-corrected chi connectivity index (χ1v) is 8.02. The summed E-state index contributed by atoms with van der Waals surface area (Å²) in [4.78, 5) is 39.4. The Kier molecular flexibility index (Phi) is 5.33. The molecular weight excluding hydrogens is 344 g/mol. The number of carbonyl (C=O) groups is 3. The van der Waals surface area contributed by atoms with Gasteiger partial charge in [0.1, 0.15) is 0 Å². The molecule has 25 heavy (non-hydrogen) atoms. The number of carbonyl (C=O) groups excluding carboxylic acids is 3. The van der Waals surface area contributed by atoms with Crippen LogP contribution in [0.5, 0.6) is 0 Å². The van der Waals surface area contributed by atoms with Gasteiger partial charge in [0.05, 0.1) is 22.0 Å². The van der Waals surface area contributed by atoms with Crippen LogP contribution in [0.1, 0.15) is 56.3 Å². The minimum atomic E-state index is -1.05. The summed E-state index contributed by atoms with van der Waals surface area (Å²) in [6.45, 7) is 6.29. The molecule has 0 radical (unpaired) electrons. The highest BCUT2D eigenvalue weighted by atomic mass is 35.5. The highest BCUT2D eigenvalue weighted by Crippen LogP contribution is 2.24. The number of nitrogen functional groups attached to an aromatic ring is 1. The van der Waals surface area contributed by atoms with Crippen LogP contribution in [0.25, 0.3) is 0 Å². The Balaban J connectivity index is 2.24. The molecule has 0 amide bonds. The van der Waals surface area contributed by atoms with E-state index in [0.29, 0.717) is 16.8 Å². The average Bonchev–Trinajstić information content (AvgIpc) is 2.83. The van der Waals surface area contributed by atoms with Gasteiger partial charge in [-0.1, -0.05) is 17.7 Å². The second-order valence-electron chi connectivity index (χ2n) is 5.79. The number of Topliss-reactive ketones (excluding diaryl/α,β-unsaturated/α-hetero) is 2. The third-order valence-corrected chi connectivity index (χ3v) is 4.29. The van der Waals surface area contributed by atoms with Gasteiger partial charge in [-0.25, -0.2) is 4.79 Å². The van der Waals surface area contributed by atoms with Crippen LogP contribution < -0.4 is 5.73 Å². The standard InChI is InChI=1S/C18H19ClN2O4/c1-8-14(10(3)22)9(2)21-16(8)17(23)11(4)25-18(24)12-6-5-7-13(19)15(12)20/h5-7,11,21H,20H2,1-4H3. The second-order valence-corrected chi connectivity index (χ2v) is 6.20. The van der Waals surface area contributed by atoms with Crippen molar-refractivity contribution in [2.45, 2.75) is 33.8 Å². The van der Waals surface area contributed by atoms with Crippen molar-refractivity contribution in [3.63, 3.8) is 0 Å². The number of benzene rings is 1. The van der Waals surface area contributed by atoms with Gasteiger partial charge < -0.3 is 15.5 Å². The minimum Gasteiger partial charge on any atom is -0.451 e. The van der Waals surface area contributed by atoms with E-state index in [1.165, 1.54) is 19.9 Å². The van der Waals surface area contributed by atoms with Crippen LogP contribution in [-0.4, -0.2) is 28.6 Å². The van der Waals surface area contributed by atoms with Crippen molar-refractivity contribution in [2.24, 2.45) is 0 Å². The fourth-order valence-corrected chi connectivity index (χ4v) is 2.89. The Bertz CT molecular complexity index is 870. The molecule has 0 bridgehead atoms. The molecule has 0 saturated heterocycles. The number of rotatable bonds is 5. The van der Waals surface area contributed by atoms with Crippen molar-refractivity contribution in [2.75, 3.05) is 5.73 Å². The molecule has 0 aliphatic carbocycles. The van der Waals surface area contributed by atoms with E-state index in [1.807, 2.05) is 0 Å². The number of para-hydroxylation sites is 1. The number of anilines is 1. The van der Waals surface area contributed by atoms with E-state index in [1.54, 1.807) is 26.0 Å². The molecule has 0 spiro atoms. The minimum absolute atomic E-state index is 0.0935. The van der Waals surface area contributed by atoms with E-state index >= 15 is 0 Å². The molecule has 0 aliphatic rings. The number of aryl methyl sites for hydroxylation is 1. The van der Waals surface area contributed by atoms with Gasteiger partial charge >= 0.3 is 5.97 Å². The molecule has 2 aromatic rings. The largest absolute Gasteiger partial charge is 0.451 e. The first-order valence-electron chi connectivity index (χ1n) is 7.64. The molecular formula is C18H19ClN2O4. The zero-order chi connectivity index (χ0) is 18.9. The van der Waals surface area contributed by atoms with Crippen LogP contribution >= 0.6 is 11.6 Å². The summed E-state index contributed by atoms with van der Waals surface area (Å²) in [5.41, 5.74) is 7.83. The average molecular weight is 363 g/mol. The van der Waals surface area contributed by atoms with Crippen LogP contribution in [0.3, 0.4) is 0 Å². The lowest BCUT2D eigenvalue weighted by Crippen LogP contribution is -2.25. The van der Waals surface area contributed by atoms with Crippen molar-refractivity contribution >= 4 is 34.8 Å². The lowest BCUT2D eigenvalue weighted by molar-refractivity contribution is 0.0318. The van der Waals surface area contributed by atoms with E-state index in [0.717, 1.165) is 0 Å². The van der Waals surface area contributed by atoms with E-state index in [-0.39, 0.29) is 27.8 Å². The molecule has 0 saturated carbocycles. The third kappa shape index (κ3) is 3.58. The molecule has 1 aromatic carbocycles. The molecule has 1 unspecified atom stereocenters. The van der Waals surface area contributed by atoms with Gasteiger partial charge in [-0.15, -0.1) is 0 Å². The number of esters is 1. The second kappa shape index (κ2) is 7.11. The molecule has 7 heteroatoms. The SMILES string of the molecule is CC(=O)c1c(C)[nH]c(C(=O)C(C)OC(=O)c2cccc(Cl)c2N)c1C. The van der Waals surface area contributed by atoms with Gasteiger partial charge in [-0.3, -0.25) is 9.59 Å². The number of halogens is 1. The number of ketones is 2. The number of ether oxygens (including phenoxy) is 1. The number of H-pyrrole nitrogens is 1. The first-order chi connectivity index (χ1) is 11.6. The maximum Gasteiger partial charge on any atom is 0.341 e. The molecule has 132 valence electrons. The lowest BCUT2D eigenvalue weighted by atomic mass is 10.0. The Labute approximate surface area is 150 Å². The third-order valence-electron chi connectivity index (χ3n) is 3.96. The summed E-state index contributed by atoms with van der Waals surface area (Å²) < 4.78 is 5.22. The van der Waals surface area contributed by atoms with Crippen LogP contribution in [0.4, 0.5) is 5.69 Å². The van der Waals surface area contributed by atoms with Gasteiger partial charge in [0.2, 0.25) is 5.78 Å². The normalized spacial score (nSPS) is 11.9. The van der Waals surface area contributed by atoms with Gasteiger partial charge in [0.25, 0.3) is 0 Å². The van der Waals surface area contributed by atoms with Crippen LogP contribution in [0.2, 0.25) is 5.02 Å². The number of nitrogens with two attached hydrogens (primary N) is 1. The van der Waals surface area contributed by atoms with Crippen molar-refractivity contribution in [3.05, 3.63) is 51.3 Å². The smallest absolute Gasteiger partial charge is 0.341 e. The Morgan fingerprint density at radius 1 is 1.24 bits per heavy atom. The quantitative estimate of drug-likeness (QED) is 0.481. The number of hydrogen-bond acceptors (Lipinski definition) is 5. The monoisotopic (exact) mass is 362 g/mol. The van der Waals surface area contributed by atoms with Crippen molar-refractivity contribution in [1.29, 1.82) is 0 Å². The highest BCUT2D eigenvalue weighted by molar-refractivity contribution is 6.33. The summed E-state index contributed by atoms with van der Waals surface area (Å²) in [7, 11) is 0. The topological polar surface area (TPSA) is 102 Å². The van der Waals surface area contributed by atoms with Gasteiger partial charge in [0.15, 0.2) is 11.9 Å². The number of nitrogens with one attached hydrogen (secondary N) is 1. The number of aromatic nitrogens is 1. The summed E-state index contributed by atoms with van der Waals surface area (Å²) >= 11 is 5.89. The zero-order valence-electron chi connectivity index (χ0n) is 14.4. The predicted octanol–water partition coefficient (Wildman–Crippen LogP) is 3.50. The molecule has 0 aliphatic heterocycles. The predicted molar refractivity (Wildman–Crippen MR) is 95.3 cm³/mol. The fourth-order valence-electron chi connectivity index (χ4n) is 2.72. The number of hydrogen-bond donors (Lipinski definition) is 2.